The Bertz CT molecular complexity index is 1200. The molecule has 2 heterocycles. The molecule has 0 bridgehead atoms. The van der Waals surface area contributed by atoms with Gasteiger partial charge in [-0.05, 0) is 71.6 Å². The topological polar surface area (TPSA) is 65.0 Å². The van der Waals surface area contributed by atoms with Crippen LogP contribution in [0.4, 0.5) is 20.6 Å². The Hall–Kier alpha value is -3.58. The first kappa shape index (κ1) is 22.2. The van der Waals surface area contributed by atoms with Crippen molar-refractivity contribution in [2.45, 2.75) is 18.5 Å². The number of ether oxygens (including phenoxy) is 1. The maximum absolute atomic E-state index is 13.9. The van der Waals surface area contributed by atoms with E-state index in [-0.39, 0.29) is 36.5 Å². The zero-order chi connectivity index (χ0) is 23.8. The quantitative estimate of drug-likeness (QED) is 0.580. The highest BCUT2D eigenvalue weighted by Gasteiger charge is 2.47. The summed E-state index contributed by atoms with van der Waals surface area (Å²) >= 11 is 0. The number of nitrogens with zero attached hydrogens (tertiary/aromatic N) is 2. The zero-order valence-electron chi connectivity index (χ0n) is 19.2. The Balaban J connectivity index is 1.51. The Kier molecular flexibility index (Phi) is 5.87. The van der Waals surface area contributed by atoms with Crippen molar-refractivity contribution in [1.29, 1.82) is 0 Å². The van der Waals surface area contributed by atoms with E-state index in [2.05, 4.69) is 16.3 Å². The van der Waals surface area contributed by atoms with Crippen molar-refractivity contribution in [3.63, 3.8) is 0 Å². The summed E-state index contributed by atoms with van der Waals surface area (Å²) in [6, 6.07) is 19.3. The predicted molar refractivity (Wildman–Crippen MR) is 131 cm³/mol. The molecule has 2 aliphatic rings. The molecule has 5 rings (SSSR count). The minimum Gasteiger partial charge on any atom is -0.497 e. The smallest absolute Gasteiger partial charge is 0.322 e. The van der Waals surface area contributed by atoms with E-state index in [0.717, 1.165) is 34.5 Å². The van der Waals surface area contributed by atoms with Crippen molar-refractivity contribution in [3.8, 4) is 16.9 Å². The van der Waals surface area contributed by atoms with Gasteiger partial charge in [-0.1, -0.05) is 18.2 Å². The molecule has 6 nitrogen and oxygen atoms in total. The number of amides is 2. The summed E-state index contributed by atoms with van der Waals surface area (Å²) in [6.45, 7) is 0.599. The highest BCUT2D eigenvalue weighted by molar-refractivity contribution is 5.90. The number of carbonyl (C=O) groups excluding carboxylic acids is 1. The van der Waals surface area contributed by atoms with E-state index in [4.69, 9.17) is 4.74 Å². The third-order valence-corrected chi connectivity index (χ3v) is 7.11. The normalized spacial score (nSPS) is 21.1. The van der Waals surface area contributed by atoms with Crippen molar-refractivity contribution >= 4 is 17.4 Å². The Morgan fingerprint density at radius 3 is 2.59 bits per heavy atom. The fourth-order valence-electron chi connectivity index (χ4n) is 5.40. The van der Waals surface area contributed by atoms with Gasteiger partial charge in [0.05, 0.1) is 25.8 Å². The summed E-state index contributed by atoms with van der Waals surface area (Å²) in [5, 5.41) is 13.2. The van der Waals surface area contributed by atoms with Gasteiger partial charge in [-0.25, -0.2) is 9.18 Å². The molecule has 34 heavy (non-hydrogen) atoms. The van der Waals surface area contributed by atoms with Gasteiger partial charge < -0.3 is 25.0 Å². The number of likely N-dealkylation sites (N-methyl/N-ethyl adjacent to an activating group) is 1. The molecule has 2 aliphatic heterocycles. The lowest BCUT2D eigenvalue weighted by atomic mass is 9.81. The molecule has 1 fully saturated rings. The van der Waals surface area contributed by atoms with Crippen LogP contribution in [0.5, 0.6) is 5.75 Å². The number of urea groups is 1. The van der Waals surface area contributed by atoms with Gasteiger partial charge in [0.25, 0.3) is 0 Å². The van der Waals surface area contributed by atoms with Gasteiger partial charge in [-0.2, -0.15) is 0 Å². The van der Waals surface area contributed by atoms with Crippen molar-refractivity contribution in [3.05, 3.63) is 78.1 Å². The minimum atomic E-state index is -0.285. The van der Waals surface area contributed by atoms with Gasteiger partial charge in [0.1, 0.15) is 11.6 Å². The summed E-state index contributed by atoms with van der Waals surface area (Å²) in [5.74, 6) is 0.526. The summed E-state index contributed by atoms with van der Waals surface area (Å²) in [6.07, 6.45) is 0.792. The van der Waals surface area contributed by atoms with E-state index >= 15 is 0 Å². The van der Waals surface area contributed by atoms with Crippen molar-refractivity contribution in [2.24, 2.45) is 5.92 Å². The van der Waals surface area contributed by atoms with E-state index in [0.29, 0.717) is 12.2 Å². The Morgan fingerprint density at radius 1 is 1.12 bits per heavy atom. The maximum atomic E-state index is 13.9. The van der Waals surface area contributed by atoms with Gasteiger partial charge in [0.15, 0.2) is 0 Å². The largest absolute Gasteiger partial charge is 0.497 e. The van der Waals surface area contributed by atoms with Gasteiger partial charge >= 0.3 is 6.03 Å². The van der Waals surface area contributed by atoms with Gasteiger partial charge in [0.2, 0.25) is 0 Å². The molecule has 2 amide bonds. The van der Waals surface area contributed by atoms with E-state index < -0.39 is 0 Å². The van der Waals surface area contributed by atoms with Crippen LogP contribution in [0.2, 0.25) is 0 Å². The average molecular weight is 462 g/mol. The highest BCUT2D eigenvalue weighted by Crippen LogP contribution is 2.49. The predicted octanol–water partition coefficient (Wildman–Crippen LogP) is 4.91. The van der Waals surface area contributed by atoms with E-state index in [1.807, 2.05) is 42.3 Å². The minimum absolute atomic E-state index is 0.0106. The second kappa shape index (κ2) is 8.99. The van der Waals surface area contributed by atoms with Gasteiger partial charge in [-0.3, -0.25) is 0 Å². The van der Waals surface area contributed by atoms with E-state index in [9.17, 15) is 14.3 Å². The highest BCUT2D eigenvalue weighted by atomic mass is 19.1. The number of anilines is 2. The summed E-state index contributed by atoms with van der Waals surface area (Å²) in [5.41, 5.74) is 4.37. The average Bonchev–Trinajstić information content (AvgIpc) is 3.30. The molecule has 3 aromatic rings. The van der Waals surface area contributed by atoms with Crippen LogP contribution in [0.3, 0.4) is 0 Å². The summed E-state index contributed by atoms with van der Waals surface area (Å²) in [4.78, 5) is 17.3. The Labute approximate surface area is 198 Å². The number of fused-ring (bicyclic) bond motifs is 3. The van der Waals surface area contributed by atoms with Crippen LogP contribution in [-0.2, 0) is 0 Å². The number of hydrogen-bond donors (Lipinski definition) is 2. The van der Waals surface area contributed by atoms with Crippen LogP contribution >= 0.6 is 0 Å². The number of hydrogen-bond acceptors (Lipinski definition) is 4. The van der Waals surface area contributed by atoms with Crippen LogP contribution in [0.25, 0.3) is 11.1 Å². The van der Waals surface area contributed by atoms with Crippen molar-refractivity contribution < 1.29 is 19.0 Å². The second-order valence-corrected chi connectivity index (χ2v) is 8.89. The van der Waals surface area contributed by atoms with E-state index in [1.54, 1.807) is 25.3 Å². The lowest BCUT2D eigenvalue weighted by Crippen LogP contribution is -2.48. The van der Waals surface area contributed by atoms with Crippen molar-refractivity contribution in [2.75, 3.05) is 37.5 Å². The van der Waals surface area contributed by atoms with Crippen LogP contribution < -0.4 is 15.0 Å². The molecule has 7 heteroatoms. The SMILES string of the molecule is COc1ccc(NC(=O)N2CC[C@@H]3[C@H]2c2cc(-c4cccc(F)c4)ccc2N(C)[C@@H]3CO)cc1. The number of likely N-dealkylation sites (tertiary alicyclic amines) is 1. The number of rotatable bonds is 4. The Morgan fingerprint density at radius 2 is 1.88 bits per heavy atom. The second-order valence-electron chi connectivity index (χ2n) is 8.89. The van der Waals surface area contributed by atoms with Crippen molar-refractivity contribution in [1.82, 2.24) is 4.90 Å². The number of carbonyl (C=O) groups is 1. The lowest BCUT2D eigenvalue weighted by Gasteiger charge is -2.44. The number of methoxy groups -OCH3 is 1. The first-order valence-corrected chi connectivity index (χ1v) is 11.5. The fraction of sp³-hybridized carbons (Fsp3) is 0.296. The molecule has 0 radical (unpaired) electrons. The molecule has 1 saturated heterocycles. The summed E-state index contributed by atoms with van der Waals surface area (Å²) < 4.78 is 19.1. The monoisotopic (exact) mass is 461 g/mol. The number of benzene rings is 3. The van der Waals surface area contributed by atoms with Gasteiger partial charge in [-0.15, -0.1) is 0 Å². The fourth-order valence-corrected chi connectivity index (χ4v) is 5.40. The first-order valence-electron chi connectivity index (χ1n) is 11.5. The molecule has 2 N–H and O–H groups in total. The molecule has 0 aliphatic carbocycles. The third-order valence-electron chi connectivity index (χ3n) is 7.11. The number of aliphatic hydroxyl groups is 1. The van der Waals surface area contributed by atoms with E-state index in [1.165, 1.54) is 12.1 Å². The molecule has 0 unspecified atom stereocenters. The van der Waals surface area contributed by atoms with Crippen LogP contribution in [0.15, 0.2) is 66.7 Å². The molecule has 176 valence electrons. The maximum Gasteiger partial charge on any atom is 0.322 e. The standard InChI is InChI=1S/C27H28FN3O3/c1-30-24-11-6-18(17-4-3-5-19(28)14-17)15-23(24)26-22(25(30)16-32)12-13-31(26)27(33)29-20-7-9-21(34-2)10-8-20/h3-11,14-15,22,25-26,32H,12-13,16H2,1-2H3,(H,29,33)/t22-,25+,26-/m0/s1. The molecule has 0 spiro atoms. The van der Waals surface area contributed by atoms with Crippen LogP contribution in [0.1, 0.15) is 18.0 Å². The molecule has 3 aromatic carbocycles. The third kappa shape index (κ3) is 3.86. The zero-order valence-corrected chi connectivity index (χ0v) is 19.2. The lowest BCUT2D eigenvalue weighted by molar-refractivity contribution is 0.168. The van der Waals surface area contributed by atoms with Gasteiger partial charge in [0, 0.05) is 30.9 Å². The number of nitrogens with one attached hydrogen (secondary N) is 1. The van der Waals surface area contributed by atoms with Crippen LogP contribution in [-0.4, -0.2) is 49.4 Å². The van der Waals surface area contributed by atoms with Crippen LogP contribution in [0, 0.1) is 11.7 Å². The molecule has 0 aromatic heterocycles. The molecular formula is C27H28FN3O3. The molecular weight excluding hydrogens is 433 g/mol. The summed E-state index contributed by atoms with van der Waals surface area (Å²) in [7, 11) is 3.59. The number of halogens is 1. The number of aliphatic hydroxyl groups excluding tert-OH is 1. The molecule has 3 atom stereocenters. The first-order chi connectivity index (χ1) is 16.5. The molecule has 0 saturated carbocycles.